The van der Waals surface area contributed by atoms with Crippen LogP contribution in [0.25, 0.3) is 11.8 Å². The molecule has 2 aromatic rings. The van der Waals surface area contributed by atoms with Gasteiger partial charge in [0.05, 0.1) is 16.4 Å². The summed E-state index contributed by atoms with van der Waals surface area (Å²) in [6, 6.07) is 8.41. The minimum atomic E-state index is -1.02. The summed E-state index contributed by atoms with van der Waals surface area (Å²) in [4.78, 5) is 48.3. The van der Waals surface area contributed by atoms with Crippen molar-refractivity contribution in [1.29, 1.82) is 0 Å². The first kappa shape index (κ1) is 20.3. The van der Waals surface area contributed by atoms with Crippen molar-refractivity contribution >= 4 is 40.6 Å². The van der Waals surface area contributed by atoms with Crippen LogP contribution in [0.3, 0.4) is 0 Å². The summed E-state index contributed by atoms with van der Waals surface area (Å²) in [5, 5.41) is 10.3. The van der Waals surface area contributed by atoms with E-state index in [0.717, 1.165) is 16.7 Å². The van der Waals surface area contributed by atoms with Gasteiger partial charge >= 0.3 is 5.97 Å². The Kier molecular flexibility index (Phi) is 5.83. The number of rotatable bonds is 6. The van der Waals surface area contributed by atoms with Crippen molar-refractivity contribution in [2.24, 2.45) is 0 Å². The number of carbonyl (C=O) groups excluding carboxylic acids is 3. The Hall–Kier alpha value is -3.40. The first-order valence-corrected chi connectivity index (χ1v) is 9.51. The predicted molar refractivity (Wildman–Crippen MR) is 106 cm³/mol. The molecular formula is C19H17N3O6S. The molecule has 0 aliphatic carbocycles. The molecule has 0 unspecified atom stereocenters. The van der Waals surface area contributed by atoms with Gasteiger partial charge in [0.1, 0.15) is 6.04 Å². The molecule has 1 aromatic carbocycles. The van der Waals surface area contributed by atoms with Crippen LogP contribution < -0.4 is 0 Å². The van der Waals surface area contributed by atoms with E-state index in [1.54, 1.807) is 48.0 Å². The maximum Gasteiger partial charge on any atom is 0.329 e. The number of hydrogen-bond acceptors (Lipinski definition) is 7. The van der Waals surface area contributed by atoms with E-state index < -0.39 is 28.1 Å². The van der Waals surface area contributed by atoms with Crippen LogP contribution in [-0.4, -0.2) is 44.2 Å². The fourth-order valence-electron chi connectivity index (χ4n) is 2.80. The minimum absolute atomic E-state index is 0.0310. The fraction of sp³-hybridized carbons (Fsp3) is 0.211. The lowest BCUT2D eigenvalue weighted by atomic mass is 10.2. The SMILES string of the molecule is CCOC(=O)[C@@H](C)N1C(=O)S/C(=C\c2cccn2-c2ccc([N+](=O)[O-])cc2)C1=O. The highest BCUT2D eigenvalue weighted by atomic mass is 32.2. The molecule has 1 fully saturated rings. The maximum absolute atomic E-state index is 12.7. The number of carbonyl (C=O) groups is 3. The molecule has 29 heavy (non-hydrogen) atoms. The highest BCUT2D eigenvalue weighted by Crippen LogP contribution is 2.34. The van der Waals surface area contributed by atoms with Gasteiger partial charge in [-0.2, -0.15) is 0 Å². The smallest absolute Gasteiger partial charge is 0.329 e. The van der Waals surface area contributed by atoms with Gasteiger partial charge in [0, 0.05) is 29.7 Å². The number of nitrogens with zero attached hydrogens (tertiary/aromatic N) is 3. The number of nitro groups is 1. The second-order valence-electron chi connectivity index (χ2n) is 6.06. The molecular weight excluding hydrogens is 398 g/mol. The molecule has 0 saturated carbocycles. The fourth-order valence-corrected chi connectivity index (χ4v) is 3.69. The summed E-state index contributed by atoms with van der Waals surface area (Å²) in [7, 11) is 0. The van der Waals surface area contributed by atoms with E-state index in [4.69, 9.17) is 4.74 Å². The van der Waals surface area contributed by atoms with Crippen LogP contribution in [0.1, 0.15) is 19.5 Å². The number of aromatic nitrogens is 1. The summed E-state index contributed by atoms with van der Waals surface area (Å²) in [5.41, 5.74) is 1.23. The van der Waals surface area contributed by atoms with Gasteiger partial charge < -0.3 is 9.30 Å². The molecule has 1 aliphatic heterocycles. The largest absolute Gasteiger partial charge is 0.464 e. The first-order valence-electron chi connectivity index (χ1n) is 8.69. The topological polar surface area (TPSA) is 112 Å². The normalized spacial score (nSPS) is 16.3. The maximum atomic E-state index is 12.7. The monoisotopic (exact) mass is 415 g/mol. The van der Waals surface area contributed by atoms with Crippen molar-refractivity contribution in [2.45, 2.75) is 19.9 Å². The molecule has 0 radical (unpaired) electrons. The number of ether oxygens (including phenoxy) is 1. The number of benzene rings is 1. The molecule has 9 nitrogen and oxygen atoms in total. The van der Waals surface area contributed by atoms with E-state index in [0.29, 0.717) is 11.4 Å². The first-order chi connectivity index (χ1) is 13.8. The third-order valence-corrected chi connectivity index (χ3v) is 5.12. The number of thioether (sulfide) groups is 1. The summed E-state index contributed by atoms with van der Waals surface area (Å²) in [5.74, 6) is -1.22. The van der Waals surface area contributed by atoms with E-state index in [1.807, 2.05) is 0 Å². The lowest BCUT2D eigenvalue weighted by Gasteiger charge is -2.19. The van der Waals surface area contributed by atoms with Gasteiger partial charge in [-0.15, -0.1) is 0 Å². The zero-order valence-electron chi connectivity index (χ0n) is 15.6. The Labute approximate surface area is 170 Å². The number of esters is 1. The molecule has 0 N–H and O–H groups in total. The van der Waals surface area contributed by atoms with Crippen LogP contribution >= 0.6 is 11.8 Å². The van der Waals surface area contributed by atoms with Gasteiger partial charge in [0.2, 0.25) is 0 Å². The average Bonchev–Trinajstić information content (AvgIpc) is 3.26. The van der Waals surface area contributed by atoms with Crippen LogP contribution in [0.15, 0.2) is 47.5 Å². The number of nitro benzene ring substituents is 1. The van der Waals surface area contributed by atoms with Gasteiger partial charge in [-0.05, 0) is 56.0 Å². The highest BCUT2D eigenvalue weighted by Gasteiger charge is 2.41. The molecule has 3 rings (SSSR count). The molecule has 1 aliphatic rings. The predicted octanol–water partition coefficient (Wildman–Crippen LogP) is 3.37. The molecule has 1 saturated heterocycles. The van der Waals surface area contributed by atoms with E-state index in [2.05, 4.69) is 0 Å². The second-order valence-corrected chi connectivity index (χ2v) is 7.05. The van der Waals surface area contributed by atoms with Crippen molar-refractivity contribution in [3.05, 3.63) is 63.3 Å². The van der Waals surface area contributed by atoms with Gasteiger partial charge in [-0.1, -0.05) is 0 Å². The quantitative estimate of drug-likeness (QED) is 0.308. The van der Waals surface area contributed by atoms with Crippen molar-refractivity contribution in [1.82, 2.24) is 9.47 Å². The van der Waals surface area contributed by atoms with Crippen molar-refractivity contribution in [2.75, 3.05) is 6.61 Å². The van der Waals surface area contributed by atoms with Crippen molar-refractivity contribution in [3.8, 4) is 5.69 Å². The number of amides is 2. The molecule has 150 valence electrons. The van der Waals surface area contributed by atoms with E-state index in [-0.39, 0.29) is 17.2 Å². The molecule has 1 aromatic heterocycles. The zero-order chi connectivity index (χ0) is 21.1. The van der Waals surface area contributed by atoms with E-state index in [9.17, 15) is 24.5 Å². The van der Waals surface area contributed by atoms with Crippen LogP contribution in [0.4, 0.5) is 10.5 Å². The number of hydrogen-bond donors (Lipinski definition) is 0. The van der Waals surface area contributed by atoms with Crippen molar-refractivity contribution < 1.29 is 24.0 Å². The molecule has 2 heterocycles. The molecule has 10 heteroatoms. The third-order valence-electron chi connectivity index (χ3n) is 4.24. The van der Waals surface area contributed by atoms with Crippen LogP contribution in [0.2, 0.25) is 0 Å². The summed E-state index contributed by atoms with van der Waals surface area (Å²) in [6.45, 7) is 3.24. The average molecular weight is 415 g/mol. The lowest BCUT2D eigenvalue weighted by molar-refractivity contribution is -0.384. The van der Waals surface area contributed by atoms with E-state index in [1.165, 1.54) is 19.1 Å². The highest BCUT2D eigenvalue weighted by molar-refractivity contribution is 8.18. The van der Waals surface area contributed by atoms with Gasteiger partial charge in [-0.3, -0.25) is 24.6 Å². The molecule has 2 amide bonds. The summed E-state index contributed by atoms with van der Waals surface area (Å²) < 4.78 is 6.62. The standard InChI is InChI=1S/C19H17N3O6S/c1-3-28-18(24)12(2)21-17(23)16(29-19(21)25)11-15-5-4-10-20(15)13-6-8-14(9-7-13)22(26)27/h4-12H,3H2,1-2H3/b16-11-/t12-/m1/s1. The lowest BCUT2D eigenvalue weighted by Crippen LogP contribution is -2.42. The zero-order valence-corrected chi connectivity index (χ0v) is 16.4. The Bertz CT molecular complexity index is 1010. The molecule has 0 bridgehead atoms. The Balaban J connectivity index is 1.87. The second kappa shape index (κ2) is 8.31. The molecule has 0 spiro atoms. The van der Waals surface area contributed by atoms with Gasteiger partial charge in [0.15, 0.2) is 0 Å². The number of non-ortho nitro benzene ring substituents is 1. The number of imide groups is 1. The third kappa shape index (κ3) is 4.06. The Morgan fingerprint density at radius 3 is 2.59 bits per heavy atom. The molecule has 1 atom stereocenters. The van der Waals surface area contributed by atoms with Crippen LogP contribution in [0.5, 0.6) is 0 Å². The van der Waals surface area contributed by atoms with Crippen LogP contribution in [0, 0.1) is 10.1 Å². The Morgan fingerprint density at radius 2 is 1.97 bits per heavy atom. The Morgan fingerprint density at radius 1 is 1.28 bits per heavy atom. The minimum Gasteiger partial charge on any atom is -0.464 e. The van der Waals surface area contributed by atoms with Gasteiger partial charge in [0.25, 0.3) is 16.8 Å². The van der Waals surface area contributed by atoms with Crippen molar-refractivity contribution in [3.63, 3.8) is 0 Å². The summed E-state index contributed by atoms with van der Waals surface area (Å²) >= 11 is 0.742. The summed E-state index contributed by atoms with van der Waals surface area (Å²) in [6.07, 6.45) is 3.28. The van der Waals surface area contributed by atoms with E-state index >= 15 is 0 Å². The van der Waals surface area contributed by atoms with Crippen LogP contribution in [-0.2, 0) is 14.3 Å². The van der Waals surface area contributed by atoms with Gasteiger partial charge in [-0.25, -0.2) is 4.79 Å².